The zero-order valence-electron chi connectivity index (χ0n) is 13.6. The van der Waals surface area contributed by atoms with Gasteiger partial charge in [0.15, 0.2) is 0 Å². The van der Waals surface area contributed by atoms with E-state index < -0.39 is 17.3 Å². The molecular formula is C17H10ClF3N4O2. The smallest absolute Gasteiger partial charge is 0.417 e. The Hall–Kier alpha value is -3.07. The van der Waals surface area contributed by atoms with E-state index in [1.54, 1.807) is 0 Å². The second kappa shape index (κ2) is 5.71. The second-order valence-corrected chi connectivity index (χ2v) is 6.29. The van der Waals surface area contributed by atoms with E-state index in [0.717, 1.165) is 6.07 Å². The molecule has 27 heavy (non-hydrogen) atoms. The van der Waals surface area contributed by atoms with Gasteiger partial charge in [0.05, 0.1) is 16.6 Å². The van der Waals surface area contributed by atoms with Crippen molar-refractivity contribution in [3.8, 4) is 11.3 Å². The van der Waals surface area contributed by atoms with Crippen LogP contribution < -0.4 is 11.4 Å². The first kappa shape index (κ1) is 17.3. The number of alkyl halides is 3. The molecule has 4 rings (SSSR count). The molecule has 6 nitrogen and oxygen atoms in total. The quantitative estimate of drug-likeness (QED) is 0.495. The number of aryl methyl sites for hydroxylation is 1. The lowest BCUT2D eigenvalue weighted by Crippen LogP contribution is -2.29. The Morgan fingerprint density at radius 1 is 1.19 bits per heavy atom. The summed E-state index contributed by atoms with van der Waals surface area (Å²) >= 11 is 5.82. The van der Waals surface area contributed by atoms with Gasteiger partial charge < -0.3 is 10.3 Å². The number of pyridine rings is 1. The van der Waals surface area contributed by atoms with Crippen LogP contribution in [0.25, 0.3) is 33.5 Å². The molecule has 0 aliphatic rings. The summed E-state index contributed by atoms with van der Waals surface area (Å²) in [5.74, 6) is 5.60. The number of rotatable bonds is 1. The molecule has 10 heteroatoms. The van der Waals surface area contributed by atoms with Crippen LogP contribution >= 0.6 is 11.6 Å². The molecule has 0 aliphatic heterocycles. The summed E-state index contributed by atoms with van der Waals surface area (Å²) < 4.78 is 47.2. The summed E-state index contributed by atoms with van der Waals surface area (Å²) in [6.07, 6.45) is -4.72. The summed E-state index contributed by atoms with van der Waals surface area (Å²) in [4.78, 5) is 20.4. The van der Waals surface area contributed by atoms with Crippen LogP contribution in [0, 0.1) is 6.92 Å². The fourth-order valence-electron chi connectivity index (χ4n) is 2.80. The first-order valence-corrected chi connectivity index (χ1v) is 7.99. The van der Waals surface area contributed by atoms with E-state index in [1.807, 2.05) is 0 Å². The van der Waals surface area contributed by atoms with Crippen LogP contribution in [0.4, 0.5) is 13.2 Å². The number of hydrogen-bond acceptors (Lipinski definition) is 5. The summed E-state index contributed by atoms with van der Waals surface area (Å²) in [5.41, 5.74) is -2.32. The maximum atomic E-state index is 13.7. The Kier molecular flexibility index (Phi) is 3.67. The zero-order chi connectivity index (χ0) is 19.5. The molecule has 2 N–H and O–H groups in total. The number of fused-ring (bicyclic) bond motifs is 3. The van der Waals surface area contributed by atoms with Crippen molar-refractivity contribution in [1.29, 1.82) is 0 Å². The van der Waals surface area contributed by atoms with Gasteiger partial charge in [-0.15, -0.1) is 0 Å². The van der Waals surface area contributed by atoms with Crippen LogP contribution in [0.15, 0.2) is 39.5 Å². The highest BCUT2D eigenvalue weighted by Gasteiger charge is 2.36. The van der Waals surface area contributed by atoms with Gasteiger partial charge in [0.25, 0.3) is 0 Å². The molecule has 3 heterocycles. The van der Waals surface area contributed by atoms with Crippen LogP contribution in [0.3, 0.4) is 0 Å². The van der Waals surface area contributed by atoms with Gasteiger partial charge in [0, 0.05) is 10.6 Å². The summed E-state index contributed by atoms with van der Waals surface area (Å²) in [6, 6.07) is 7.04. The first-order chi connectivity index (χ1) is 12.7. The summed E-state index contributed by atoms with van der Waals surface area (Å²) in [6.45, 7) is 1.41. The van der Waals surface area contributed by atoms with Gasteiger partial charge in [-0.05, 0) is 25.1 Å². The molecule has 0 unspecified atom stereocenters. The Labute approximate surface area is 154 Å². The minimum absolute atomic E-state index is 0.0235. The molecule has 3 aromatic heterocycles. The average molecular weight is 395 g/mol. The van der Waals surface area contributed by atoms with Crippen LogP contribution in [-0.4, -0.2) is 14.6 Å². The van der Waals surface area contributed by atoms with Crippen molar-refractivity contribution in [3.05, 3.63) is 57.1 Å². The van der Waals surface area contributed by atoms with Crippen molar-refractivity contribution in [2.24, 2.45) is 0 Å². The second-order valence-electron chi connectivity index (χ2n) is 5.85. The molecule has 0 amide bonds. The fraction of sp³-hybridized carbons (Fsp3) is 0.118. The number of halogens is 4. The number of hydrogen-bond donors (Lipinski definition) is 1. The highest BCUT2D eigenvalue weighted by Crippen LogP contribution is 2.40. The highest BCUT2D eigenvalue weighted by atomic mass is 35.5. The number of nitrogens with two attached hydrogens (primary N) is 1. The number of nitrogen functional groups attached to an aromatic ring is 1. The van der Waals surface area contributed by atoms with Crippen LogP contribution in [-0.2, 0) is 6.18 Å². The largest absolute Gasteiger partial charge is 0.430 e. The third kappa shape index (κ3) is 2.71. The van der Waals surface area contributed by atoms with Crippen LogP contribution in [0.1, 0.15) is 11.4 Å². The molecule has 4 aromatic rings. The molecule has 0 bridgehead atoms. The van der Waals surface area contributed by atoms with Gasteiger partial charge in [0.1, 0.15) is 11.3 Å². The van der Waals surface area contributed by atoms with E-state index in [0.29, 0.717) is 15.3 Å². The van der Waals surface area contributed by atoms with E-state index in [1.165, 1.54) is 31.2 Å². The fourth-order valence-corrected chi connectivity index (χ4v) is 2.92. The number of furan rings is 1. The van der Waals surface area contributed by atoms with E-state index in [2.05, 4.69) is 9.97 Å². The first-order valence-electron chi connectivity index (χ1n) is 7.62. The average Bonchev–Trinajstić information content (AvgIpc) is 2.97. The lowest BCUT2D eigenvalue weighted by Gasteiger charge is -2.10. The topological polar surface area (TPSA) is 86.9 Å². The SMILES string of the molecule is Cc1nc2c(oc3nc(-c4ccc(Cl)cc4)cc(C(F)(F)F)c32)c(=O)n1N. The van der Waals surface area contributed by atoms with E-state index in [4.69, 9.17) is 21.9 Å². The van der Waals surface area contributed by atoms with Gasteiger partial charge in [0.2, 0.25) is 11.3 Å². The summed E-state index contributed by atoms with van der Waals surface area (Å²) in [5, 5.41) is 0.0544. The Morgan fingerprint density at radius 3 is 2.48 bits per heavy atom. The van der Waals surface area contributed by atoms with Crippen LogP contribution in [0.2, 0.25) is 5.02 Å². The minimum Gasteiger partial charge on any atom is -0.430 e. The van der Waals surface area contributed by atoms with Crippen LogP contribution in [0.5, 0.6) is 0 Å². The molecule has 1 aromatic carbocycles. The lowest BCUT2D eigenvalue weighted by atomic mass is 10.1. The van der Waals surface area contributed by atoms with Gasteiger partial charge in [-0.3, -0.25) is 4.79 Å². The zero-order valence-corrected chi connectivity index (χ0v) is 14.4. The number of nitrogens with zero attached hydrogens (tertiary/aromatic N) is 3. The van der Waals surface area contributed by atoms with Gasteiger partial charge in [-0.25, -0.2) is 14.6 Å². The maximum Gasteiger partial charge on any atom is 0.417 e. The monoisotopic (exact) mass is 394 g/mol. The molecule has 0 atom stereocenters. The van der Waals surface area contributed by atoms with Crippen molar-refractivity contribution in [2.75, 3.05) is 5.84 Å². The normalized spacial score (nSPS) is 12.2. The van der Waals surface area contributed by atoms with Gasteiger partial charge in [-0.1, -0.05) is 23.7 Å². The van der Waals surface area contributed by atoms with Gasteiger partial charge >= 0.3 is 11.7 Å². The predicted molar refractivity (Wildman–Crippen MR) is 93.9 cm³/mol. The van der Waals surface area contributed by atoms with Crippen molar-refractivity contribution < 1.29 is 17.6 Å². The third-order valence-electron chi connectivity index (χ3n) is 4.12. The van der Waals surface area contributed by atoms with Gasteiger partial charge in [-0.2, -0.15) is 13.2 Å². The van der Waals surface area contributed by atoms with Crippen molar-refractivity contribution in [1.82, 2.24) is 14.6 Å². The van der Waals surface area contributed by atoms with E-state index >= 15 is 0 Å². The summed E-state index contributed by atoms with van der Waals surface area (Å²) in [7, 11) is 0. The standard InChI is InChI=1S/C17H10ClF3N4O2/c1-7-23-13-12-10(17(19,20)21)6-11(8-2-4-9(18)5-3-8)24-15(12)27-14(13)16(26)25(7)22/h2-6H,22H2,1H3. The molecule has 0 spiro atoms. The number of benzene rings is 1. The highest BCUT2D eigenvalue weighted by molar-refractivity contribution is 6.30. The van der Waals surface area contributed by atoms with Crippen molar-refractivity contribution in [3.63, 3.8) is 0 Å². The molecule has 0 fully saturated rings. The molecule has 0 radical (unpaired) electrons. The Morgan fingerprint density at radius 2 is 1.85 bits per heavy atom. The van der Waals surface area contributed by atoms with Crippen molar-refractivity contribution >= 4 is 33.8 Å². The maximum absolute atomic E-state index is 13.7. The van der Waals surface area contributed by atoms with Crippen molar-refractivity contribution in [2.45, 2.75) is 13.1 Å². The van der Waals surface area contributed by atoms with E-state index in [-0.39, 0.29) is 33.7 Å². The lowest BCUT2D eigenvalue weighted by molar-refractivity contribution is -0.136. The minimum atomic E-state index is -4.72. The van der Waals surface area contributed by atoms with E-state index in [9.17, 15) is 18.0 Å². The Balaban J connectivity index is 2.14. The molecule has 138 valence electrons. The predicted octanol–water partition coefficient (Wildman–Crippen LogP) is 3.90. The molecule has 0 aliphatic carbocycles. The molecular weight excluding hydrogens is 385 g/mol. The Bertz CT molecular complexity index is 1260. The number of aromatic nitrogens is 3. The third-order valence-corrected chi connectivity index (χ3v) is 4.37. The molecule has 0 saturated heterocycles. The molecule has 0 saturated carbocycles.